The molecule has 0 saturated carbocycles. The molecule has 2 aromatic rings. The topological polar surface area (TPSA) is 50.4 Å². The number of ether oxygens (including phenoxy) is 1. The molecule has 0 radical (unpaired) electrons. The number of carbonyl (C=O) groups excluding carboxylic acids is 1. The summed E-state index contributed by atoms with van der Waals surface area (Å²) in [6.45, 7) is 2.16. The molecule has 0 atom stereocenters. The number of halogens is 1. The second kappa shape index (κ2) is 7.93. The van der Waals surface area contributed by atoms with Gasteiger partial charge in [0, 0.05) is 17.7 Å². The zero-order valence-electron chi connectivity index (χ0n) is 13.4. The predicted molar refractivity (Wildman–Crippen MR) is 90.5 cm³/mol. The van der Waals surface area contributed by atoms with Crippen molar-refractivity contribution < 1.29 is 13.9 Å². The van der Waals surface area contributed by atoms with E-state index in [1.807, 2.05) is 18.2 Å². The first-order chi connectivity index (χ1) is 11.7. The van der Waals surface area contributed by atoms with Crippen LogP contribution >= 0.6 is 0 Å². The van der Waals surface area contributed by atoms with Gasteiger partial charge in [0.25, 0.3) is 5.91 Å². The van der Waals surface area contributed by atoms with Gasteiger partial charge in [0.05, 0.1) is 0 Å². The molecule has 0 aliphatic carbocycles. The van der Waals surface area contributed by atoms with E-state index in [9.17, 15) is 9.18 Å². The van der Waals surface area contributed by atoms with Crippen molar-refractivity contribution >= 4 is 5.91 Å². The second-order valence-corrected chi connectivity index (χ2v) is 5.94. The molecule has 1 aliphatic heterocycles. The molecule has 0 aromatic heterocycles. The number of carbonyl (C=O) groups is 1. The van der Waals surface area contributed by atoms with Gasteiger partial charge in [-0.05, 0) is 55.8 Å². The maximum Gasteiger partial charge on any atom is 0.251 e. The van der Waals surface area contributed by atoms with E-state index in [0.717, 1.165) is 31.5 Å². The average Bonchev–Trinajstić information content (AvgIpc) is 2.61. The lowest BCUT2D eigenvalue weighted by Crippen LogP contribution is -2.42. The van der Waals surface area contributed by atoms with Gasteiger partial charge < -0.3 is 15.4 Å². The molecule has 0 spiro atoms. The Morgan fingerprint density at radius 2 is 1.96 bits per heavy atom. The van der Waals surface area contributed by atoms with E-state index in [1.165, 1.54) is 12.1 Å². The summed E-state index contributed by atoms with van der Waals surface area (Å²) in [5.74, 6) is 0.0802. The molecule has 0 bridgehead atoms. The van der Waals surface area contributed by atoms with Crippen LogP contribution in [0.1, 0.15) is 28.8 Å². The zero-order chi connectivity index (χ0) is 16.8. The minimum atomic E-state index is -0.331. The third kappa shape index (κ3) is 4.55. The molecule has 4 nitrogen and oxygen atoms in total. The molecule has 0 unspecified atom stereocenters. The normalized spacial score (nSPS) is 15.0. The summed E-state index contributed by atoms with van der Waals surface area (Å²) < 4.78 is 18.7. The quantitative estimate of drug-likeness (QED) is 0.887. The van der Waals surface area contributed by atoms with Gasteiger partial charge in [0.2, 0.25) is 0 Å². The molecule has 2 N–H and O–H groups in total. The zero-order valence-corrected chi connectivity index (χ0v) is 13.4. The van der Waals surface area contributed by atoms with E-state index in [1.54, 1.807) is 18.2 Å². The maximum absolute atomic E-state index is 13.1. The van der Waals surface area contributed by atoms with Crippen LogP contribution in [0.5, 0.6) is 5.75 Å². The molecule has 1 aliphatic rings. The van der Waals surface area contributed by atoms with E-state index in [2.05, 4.69) is 10.6 Å². The third-order valence-corrected chi connectivity index (χ3v) is 4.07. The van der Waals surface area contributed by atoms with Crippen molar-refractivity contribution in [3.05, 3.63) is 65.5 Å². The number of hydrogen-bond donors (Lipinski definition) is 2. The average molecular weight is 328 g/mol. The standard InChI is InChI=1S/C19H21FN2O2/c20-16-5-2-6-18(12-16)24-13-14-3-1-4-15(11-14)19(23)22-17-7-9-21-10-8-17/h1-6,11-12,17,21H,7-10,13H2,(H,22,23). The molecule has 2 aromatic carbocycles. The summed E-state index contributed by atoms with van der Waals surface area (Å²) in [4.78, 5) is 12.4. The van der Waals surface area contributed by atoms with E-state index in [4.69, 9.17) is 4.74 Å². The van der Waals surface area contributed by atoms with Crippen molar-refractivity contribution in [2.45, 2.75) is 25.5 Å². The number of piperidine rings is 1. The number of benzene rings is 2. The fraction of sp³-hybridized carbons (Fsp3) is 0.316. The number of nitrogens with one attached hydrogen (secondary N) is 2. The largest absolute Gasteiger partial charge is 0.489 e. The Bertz CT molecular complexity index is 699. The minimum Gasteiger partial charge on any atom is -0.489 e. The van der Waals surface area contributed by atoms with Crippen molar-refractivity contribution in [1.82, 2.24) is 10.6 Å². The summed E-state index contributed by atoms with van der Waals surface area (Å²) >= 11 is 0. The van der Waals surface area contributed by atoms with Crippen molar-refractivity contribution in [3.63, 3.8) is 0 Å². The van der Waals surface area contributed by atoms with Gasteiger partial charge in [-0.2, -0.15) is 0 Å². The Balaban J connectivity index is 1.59. The summed E-state index contributed by atoms with van der Waals surface area (Å²) in [5, 5.41) is 6.35. The lowest BCUT2D eigenvalue weighted by molar-refractivity contribution is 0.0929. The Morgan fingerprint density at radius 1 is 1.17 bits per heavy atom. The van der Waals surface area contributed by atoms with Crippen LogP contribution in [0.2, 0.25) is 0 Å². The second-order valence-electron chi connectivity index (χ2n) is 5.94. The van der Waals surface area contributed by atoms with Crippen LogP contribution in [0, 0.1) is 5.82 Å². The van der Waals surface area contributed by atoms with Crippen molar-refractivity contribution in [1.29, 1.82) is 0 Å². The Labute approximate surface area is 141 Å². The van der Waals surface area contributed by atoms with Crippen LogP contribution in [-0.4, -0.2) is 25.0 Å². The predicted octanol–water partition coefficient (Wildman–Crippen LogP) is 2.89. The number of amides is 1. The minimum absolute atomic E-state index is 0.0606. The van der Waals surface area contributed by atoms with Gasteiger partial charge in [-0.15, -0.1) is 0 Å². The first-order valence-electron chi connectivity index (χ1n) is 8.19. The molecular formula is C19H21FN2O2. The lowest BCUT2D eigenvalue weighted by atomic mass is 10.1. The molecule has 1 heterocycles. The monoisotopic (exact) mass is 328 g/mol. The van der Waals surface area contributed by atoms with Crippen molar-refractivity contribution in [2.75, 3.05) is 13.1 Å². The van der Waals surface area contributed by atoms with Crippen LogP contribution in [0.3, 0.4) is 0 Å². The van der Waals surface area contributed by atoms with Gasteiger partial charge in [-0.3, -0.25) is 4.79 Å². The van der Waals surface area contributed by atoms with Crippen LogP contribution in [-0.2, 0) is 6.61 Å². The Morgan fingerprint density at radius 3 is 2.75 bits per heavy atom. The lowest BCUT2D eigenvalue weighted by Gasteiger charge is -2.23. The van der Waals surface area contributed by atoms with Crippen molar-refractivity contribution in [2.24, 2.45) is 0 Å². The van der Waals surface area contributed by atoms with Crippen LogP contribution in [0.15, 0.2) is 48.5 Å². The first kappa shape index (κ1) is 16.5. The summed E-state index contributed by atoms with van der Waals surface area (Å²) in [6.07, 6.45) is 1.90. The number of rotatable bonds is 5. The van der Waals surface area contributed by atoms with E-state index in [0.29, 0.717) is 11.3 Å². The molecule has 1 saturated heterocycles. The van der Waals surface area contributed by atoms with Gasteiger partial charge >= 0.3 is 0 Å². The van der Waals surface area contributed by atoms with Gasteiger partial charge in [-0.1, -0.05) is 18.2 Å². The fourth-order valence-corrected chi connectivity index (χ4v) is 2.76. The Hall–Kier alpha value is -2.40. The third-order valence-electron chi connectivity index (χ3n) is 4.07. The van der Waals surface area contributed by atoms with Gasteiger partial charge in [0.1, 0.15) is 18.2 Å². The van der Waals surface area contributed by atoms with E-state index < -0.39 is 0 Å². The van der Waals surface area contributed by atoms with Crippen LogP contribution in [0.4, 0.5) is 4.39 Å². The highest BCUT2D eigenvalue weighted by atomic mass is 19.1. The summed E-state index contributed by atoms with van der Waals surface area (Å²) in [7, 11) is 0. The molecular weight excluding hydrogens is 307 g/mol. The highest BCUT2D eigenvalue weighted by molar-refractivity contribution is 5.94. The SMILES string of the molecule is O=C(NC1CCNCC1)c1cccc(COc2cccc(F)c2)c1. The smallest absolute Gasteiger partial charge is 0.251 e. The number of hydrogen-bond acceptors (Lipinski definition) is 3. The van der Waals surface area contributed by atoms with Crippen LogP contribution < -0.4 is 15.4 Å². The van der Waals surface area contributed by atoms with Gasteiger partial charge in [-0.25, -0.2) is 4.39 Å². The van der Waals surface area contributed by atoms with Crippen LogP contribution in [0.25, 0.3) is 0 Å². The highest BCUT2D eigenvalue weighted by Gasteiger charge is 2.16. The molecule has 126 valence electrons. The molecule has 3 rings (SSSR count). The molecule has 1 amide bonds. The highest BCUT2D eigenvalue weighted by Crippen LogP contribution is 2.15. The maximum atomic E-state index is 13.1. The van der Waals surface area contributed by atoms with Gasteiger partial charge in [0.15, 0.2) is 0 Å². The molecule has 5 heteroatoms. The first-order valence-corrected chi connectivity index (χ1v) is 8.19. The molecule has 1 fully saturated rings. The van der Waals surface area contributed by atoms with Crippen molar-refractivity contribution in [3.8, 4) is 5.75 Å². The fourth-order valence-electron chi connectivity index (χ4n) is 2.76. The van der Waals surface area contributed by atoms with E-state index >= 15 is 0 Å². The molecule has 24 heavy (non-hydrogen) atoms. The van der Waals surface area contributed by atoms with E-state index in [-0.39, 0.29) is 24.4 Å². The summed E-state index contributed by atoms with van der Waals surface area (Å²) in [6, 6.07) is 13.6. The summed E-state index contributed by atoms with van der Waals surface area (Å²) in [5.41, 5.74) is 1.49. The Kier molecular flexibility index (Phi) is 5.43.